The van der Waals surface area contributed by atoms with Gasteiger partial charge in [-0.05, 0) is 50.2 Å². The van der Waals surface area contributed by atoms with Gasteiger partial charge in [0.2, 0.25) is 0 Å². The summed E-state index contributed by atoms with van der Waals surface area (Å²) >= 11 is 0. The van der Waals surface area contributed by atoms with Crippen molar-refractivity contribution in [3.8, 4) is 0 Å². The van der Waals surface area contributed by atoms with Gasteiger partial charge in [0.1, 0.15) is 12.1 Å². The van der Waals surface area contributed by atoms with Crippen molar-refractivity contribution in [3.05, 3.63) is 35.4 Å². The molecule has 7 heteroatoms. The minimum Gasteiger partial charge on any atom is -0.465 e. The highest BCUT2D eigenvalue weighted by molar-refractivity contribution is 8.93. The van der Waals surface area contributed by atoms with Crippen molar-refractivity contribution in [2.24, 2.45) is 0 Å². The molecule has 1 saturated carbocycles. The zero-order valence-corrected chi connectivity index (χ0v) is 18.9. The van der Waals surface area contributed by atoms with Crippen LogP contribution in [0.2, 0.25) is 0 Å². The van der Waals surface area contributed by atoms with Gasteiger partial charge < -0.3 is 14.6 Å². The second-order valence-electron chi connectivity index (χ2n) is 7.78. The summed E-state index contributed by atoms with van der Waals surface area (Å²) in [6.07, 6.45) is 3.63. The molecule has 2 fully saturated rings. The highest BCUT2D eigenvalue weighted by Gasteiger charge is 2.34. The van der Waals surface area contributed by atoms with Crippen molar-refractivity contribution in [2.75, 3.05) is 19.7 Å². The van der Waals surface area contributed by atoms with Crippen LogP contribution in [0.15, 0.2) is 24.3 Å². The number of carbonyl (C=O) groups is 2. The largest absolute Gasteiger partial charge is 0.465 e. The molecule has 0 radical (unpaired) electrons. The maximum absolute atomic E-state index is 12.6. The molecule has 6 nitrogen and oxygen atoms in total. The summed E-state index contributed by atoms with van der Waals surface area (Å²) < 4.78 is 10.6. The van der Waals surface area contributed by atoms with Crippen molar-refractivity contribution in [2.45, 2.75) is 70.1 Å². The van der Waals surface area contributed by atoms with Crippen LogP contribution in [0.1, 0.15) is 69.1 Å². The van der Waals surface area contributed by atoms with Gasteiger partial charge in [-0.1, -0.05) is 37.1 Å². The van der Waals surface area contributed by atoms with Crippen molar-refractivity contribution >= 4 is 28.9 Å². The molecule has 2 aliphatic rings. The van der Waals surface area contributed by atoms with E-state index in [0.29, 0.717) is 37.6 Å². The molecule has 1 saturated heterocycles. The molecule has 0 amide bonds. The minimum absolute atomic E-state index is 0. The molecule has 3 unspecified atom stereocenters. The average molecular weight is 470 g/mol. The number of esters is 2. The third kappa shape index (κ3) is 5.80. The summed E-state index contributed by atoms with van der Waals surface area (Å²) in [6, 6.07) is 7.28. The fraction of sp³-hybridized carbons (Fsp3) is 0.636. The molecular formula is C22H32BrNO5. The maximum Gasteiger partial charge on any atom is 0.339 e. The lowest BCUT2D eigenvalue weighted by Crippen LogP contribution is -2.39. The van der Waals surface area contributed by atoms with Gasteiger partial charge in [0.25, 0.3) is 0 Å². The second-order valence-corrected chi connectivity index (χ2v) is 7.78. The Kier molecular flexibility index (Phi) is 9.11. The zero-order chi connectivity index (χ0) is 20.1. The molecule has 3 rings (SSSR count). The number of aliphatic hydroxyl groups excluding tert-OH is 1. The number of ether oxygens (including phenoxy) is 2. The predicted molar refractivity (Wildman–Crippen MR) is 115 cm³/mol. The number of hydrogen-bond donors (Lipinski definition) is 1. The molecule has 0 spiro atoms. The molecule has 162 valence electrons. The van der Waals surface area contributed by atoms with Crippen molar-refractivity contribution in [1.29, 1.82) is 0 Å². The third-order valence-corrected chi connectivity index (χ3v) is 5.94. The number of likely N-dealkylation sites (tertiary alicyclic amines) is 1. The Labute approximate surface area is 183 Å². The van der Waals surface area contributed by atoms with Crippen LogP contribution < -0.4 is 0 Å². The summed E-state index contributed by atoms with van der Waals surface area (Å²) in [4.78, 5) is 26.5. The van der Waals surface area contributed by atoms with Crippen LogP contribution in [0.3, 0.4) is 0 Å². The van der Waals surface area contributed by atoms with E-state index in [1.54, 1.807) is 13.8 Å². The summed E-state index contributed by atoms with van der Waals surface area (Å²) in [6.45, 7) is 5.07. The fourth-order valence-corrected chi connectivity index (χ4v) is 4.34. The fourth-order valence-electron chi connectivity index (χ4n) is 4.34. The Morgan fingerprint density at radius 3 is 2.55 bits per heavy atom. The molecule has 1 aromatic rings. The van der Waals surface area contributed by atoms with Gasteiger partial charge in [0.15, 0.2) is 6.10 Å². The summed E-state index contributed by atoms with van der Waals surface area (Å²) in [5.74, 6) is -0.466. The van der Waals surface area contributed by atoms with E-state index in [9.17, 15) is 14.7 Å². The zero-order valence-electron chi connectivity index (χ0n) is 17.2. The van der Waals surface area contributed by atoms with E-state index in [0.717, 1.165) is 18.4 Å². The van der Waals surface area contributed by atoms with Crippen molar-refractivity contribution < 1.29 is 24.2 Å². The smallest absolute Gasteiger partial charge is 0.339 e. The average Bonchev–Trinajstić information content (AvgIpc) is 3.39. The Bertz CT molecular complexity index is 692. The Hall–Kier alpha value is -1.44. The van der Waals surface area contributed by atoms with Gasteiger partial charge in [0.05, 0.1) is 6.61 Å². The van der Waals surface area contributed by atoms with Crippen LogP contribution in [-0.4, -0.2) is 53.8 Å². The first-order chi connectivity index (χ1) is 13.5. The number of nitrogens with zero attached hydrogens (tertiary/aromatic N) is 1. The SMILES string of the molecule is Br.CCOC(=O)C(C)N1CCC(OC(=O)C(O)c2ccccc2C2CCCC2)C1. The first-order valence-corrected chi connectivity index (χ1v) is 10.4. The standard InChI is InChI=1S/C22H31NO5.BrH/c1-3-27-21(25)15(2)23-13-12-17(14-23)28-22(26)20(24)19-11-7-6-10-18(19)16-8-4-5-9-16;/h6-7,10-11,15-17,20,24H,3-5,8-9,12-14H2,1-2H3;1H. The van der Waals surface area contributed by atoms with Crippen LogP contribution >= 0.6 is 17.0 Å². The molecule has 3 atom stereocenters. The van der Waals surface area contributed by atoms with Gasteiger partial charge >= 0.3 is 11.9 Å². The minimum atomic E-state index is -1.27. The number of halogens is 1. The normalized spacial score (nSPS) is 22.0. The topological polar surface area (TPSA) is 76.1 Å². The monoisotopic (exact) mass is 469 g/mol. The number of rotatable bonds is 7. The van der Waals surface area contributed by atoms with Gasteiger partial charge in [-0.15, -0.1) is 17.0 Å². The molecule has 0 bridgehead atoms. The first-order valence-electron chi connectivity index (χ1n) is 10.4. The van der Waals surface area contributed by atoms with Crippen LogP contribution in [0.4, 0.5) is 0 Å². The Morgan fingerprint density at radius 1 is 1.17 bits per heavy atom. The number of carbonyl (C=O) groups excluding carboxylic acids is 2. The Morgan fingerprint density at radius 2 is 1.86 bits per heavy atom. The van der Waals surface area contributed by atoms with Crippen LogP contribution in [-0.2, 0) is 19.1 Å². The Balaban J connectivity index is 0.00000300. The summed E-state index contributed by atoms with van der Waals surface area (Å²) in [5, 5.41) is 10.7. The molecule has 29 heavy (non-hydrogen) atoms. The number of benzene rings is 1. The molecule has 1 aromatic carbocycles. The van der Waals surface area contributed by atoms with Gasteiger partial charge in [-0.25, -0.2) is 4.79 Å². The quantitative estimate of drug-likeness (QED) is 0.615. The van der Waals surface area contributed by atoms with Crippen LogP contribution in [0.5, 0.6) is 0 Å². The van der Waals surface area contributed by atoms with Gasteiger partial charge in [-0.2, -0.15) is 0 Å². The van der Waals surface area contributed by atoms with Crippen LogP contribution in [0.25, 0.3) is 0 Å². The lowest BCUT2D eigenvalue weighted by Gasteiger charge is -2.23. The van der Waals surface area contributed by atoms with E-state index in [1.165, 1.54) is 12.8 Å². The predicted octanol–water partition coefficient (Wildman–Crippen LogP) is 3.52. The molecule has 0 aromatic heterocycles. The highest BCUT2D eigenvalue weighted by Crippen LogP contribution is 2.37. The summed E-state index contributed by atoms with van der Waals surface area (Å²) in [5.41, 5.74) is 1.72. The first kappa shape index (κ1) is 23.8. The maximum atomic E-state index is 12.6. The third-order valence-electron chi connectivity index (χ3n) is 5.94. The number of hydrogen-bond acceptors (Lipinski definition) is 6. The lowest BCUT2D eigenvalue weighted by atomic mass is 9.90. The van der Waals surface area contributed by atoms with E-state index in [-0.39, 0.29) is 35.1 Å². The highest BCUT2D eigenvalue weighted by atomic mass is 79.9. The molecule has 1 aliphatic carbocycles. The van der Waals surface area contributed by atoms with Gasteiger partial charge in [-0.3, -0.25) is 9.69 Å². The van der Waals surface area contributed by atoms with E-state index in [2.05, 4.69) is 0 Å². The van der Waals surface area contributed by atoms with Crippen molar-refractivity contribution in [1.82, 2.24) is 4.90 Å². The number of aliphatic hydroxyl groups is 1. The van der Waals surface area contributed by atoms with E-state index >= 15 is 0 Å². The van der Waals surface area contributed by atoms with E-state index in [4.69, 9.17) is 9.47 Å². The lowest BCUT2D eigenvalue weighted by molar-refractivity contribution is -0.159. The summed E-state index contributed by atoms with van der Waals surface area (Å²) in [7, 11) is 0. The van der Waals surface area contributed by atoms with Crippen LogP contribution in [0, 0.1) is 0 Å². The molecule has 1 heterocycles. The van der Waals surface area contributed by atoms with E-state index < -0.39 is 12.1 Å². The second kappa shape index (κ2) is 11.1. The molecular weight excluding hydrogens is 438 g/mol. The van der Waals surface area contributed by atoms with Crippen molar-refractivity contribution in [3.63, 3.8) is 0 Å². The van der Waals surface area contributed by atoms with E-state index in [1.807, 2.05) is 29.2 Å². The molecule has 1 N–H and O–H groups in total. The molecule has 1 aliphatic heterocycles. The van der Waals surface area contributed by atoms with Gasteiger partial charge in [0, 0.05) is 13.1 Å².